The van der Waals surface area contributed by atoms with Crippen LogP contribution >= 0.6 is 0 Å². The molecule has 6 nitrogen and oxygen atoms in total. The molecule has 7 heteroatoms. The highest BCUT2D eigenvalue weighted by Crippen LogP contribution is 2.24. The number of benzene rings is 2. The molecule has 0 aliphatic carbocycles. The van der Waals surface area contributed by atoms with Crippen LogP contribution in [0.5, 0.6) is 0 Å². The zero-order valence-corrected chi connectivity index (χ0v) is 13.1. The summed E-state index contributed by atoms with van der Waals surface area (Å²) in [5.74, 6) is -2.87. The summed E-state index contributed by atoms with van der Waals surface area (Å²) < 4.78 is 14.8. The van der Waals surface area contributed by atoms with Crippen molar-refractivity contribution >= 4 is 34.4 Å². The normalized spacial score (nSPS) is 10.6. The minimum atomic E-state index is -1.29. The van der Waals surface area contributed by atoms with E-state index in [0.717, 1.165) is 18.2 Å². The Balaban J connectivity index is 2.06. The second kappa shape index (κ2) is 6.20. The minimum Gasteiger partial charge on any atom is -0.478 e. The summed E-state index contributed by atoms with van der Waals surface area (Å²) in [7, 11) is 0. The first kappa shape index (κ1) is 16.4. The molecule has 2 N–H and O–H groups in total. The number of carbonyl (C=O) groups is 3. The molecule has 0 spiro atoms. The molecule has 0 unspecified atom stereocenters. The molecule has 126 valence electrons. The zero-order chi connectivity index (χ0) is 18.1. The molecule has 0 saturated heterocycles. The summed E-state index contributed by atoms with van der Waals surface area (Å²) in [4.78, 5) is 35.6. The van der Waals surface area contributed by atoms with Crippen molar-refractivity contribution < 1.29 is 23.9 Å². The van der Waals surface area contributed by atoms with Crippen LogP contribution in [0.4, 0.5) is 10.1 Å². The summed E-state index contributed by atoms with van der Waals surface area (Å²) in [5.41, 5.74) is 0.353. The fraction of sp³-hybridized carbons (Fsp3) is 0.0556. The van der Waals surface area contributed by atoms with Crippen LogP contribution in [-0.2, 0) is 0 Å². The average Bonchev–Trinajstić information content (AvgIpc) is 2.94. The predicted octanol–water partition coefficient (Wildman–Crippen LogP) is 3.39. The van der Waals surface area contributed by atoms with Gasteiger partial charge in [0.15, 0.2) is 0 Å². The lowest BCUT2D eigenvalue weighted by atomic mass is 10.1. The van der Waals surface area contributed by atoms with Gasteiger partial charge in [-0.05, 0) is 24.3 Å². The van der Waals surface area contributed by atoms with Crippen molar-refractivity contribution in [2.75, 3.05) is 5.32 Å². The van der Waals surface area contributed by atoms with Gasteiger partial charge in [-0.3, -0.25) is 14.2 Å². The number of anilines is 1. The van der Waals surface area contributed by atoms with Gasteiger partial charge in [-0.1, -0.05) is 18.2 Å². The van der Waals surface area contributed by atoms with Gasteiger partial charge in [0.05, 0.1) is 22.3 Å². The van der Waals surface area contributed by atoms with Gasteiger partial charge in [-0.25, -0.2) is 9.18 Å². The van der Waals surface area contributed by atoms with Crippen LogP contribution in [0.2, 0.25) is 0 Å². The van der Waals surface area contributed by atoms with E-state index >= 15 is 0 Å². The lowest BCUT2D eigenvalue weighted by molar-refractivity contribution is 0.0697. The van der Waals surface area contributed by atoms with E-state index in [1.165, 1.54) is 17.7 Å². The molecule has 0 aliphatic heterocycles. The van der Waals surface area contributed by atoms with Crippen LogP contribution in [-0.4, -0.2) is 27.5 Å². The Morgan fingerprint density at radius 2 is 1.80 bits per heavy atom. The molecule has 0 bridgehead atoms. The molecule has 0 atom stereocenters. The molecule has 1 amide bonds. The second-order valence-corrected chi connectivity index (χ2v) is 5.40. The fourth-order valence-corrected chi connectivity index (χ4v) is 2.62. The molecule has 0 saturated carbocycles. The first-order valence-corrected chi connectivity index (χ1v) is 7.33. The van der Waals surface area contributed by atoms with Gasteiger partial charge < -0.3 is 10.4 Å². The molecular formula is C18H13FN2O4. The molecule has 2 aromatic carbocycles. The molecule has 0 fully saturated rings. The number of fused-ring (bicyclic) bond motifs is 1. The maximum absolute atomic E-state index is 13.4. The third-order valence-electron chi connectivity index (χ3n) is 3.76. The first-order valence-electron chi connectivity index (χ1n) is 7.33. The highest BCUT2D eigenvalue weighted by Gasteiger charge is 2.19. The van der Waals surface area contributed by atoms with Crippen LogP contribution in [0.1, 0.15) is 32.4 Å². The van der Waals surface area contributed by atoms with E-state index < -0.39 is 17.7 Å². The number of nitrogens with one attached hydrogen (secondary N) is 1. The fourth-order valence-electron chi connectivity index (χ4n) is 2.62. The molecule has 1 aromatic heterocycles. The number of hydrogen-bond acceptors (Lipinski definition) is 3. The second-order valence-electron chi connectivity index (χ2n) is 5.40. The van der Waals surface area contributed by atoms with Crippen LogP contribution in [0, 0.1) is 5.82 Å². The minimum absolute atomic E-state index is 0.155. The monoisotopic (exact) mass is 340 g/mol. The largest absolute Gasteiger partial charge is 0.478 e. The van der Waals surface area contributed by atoms with Crippen molar-refractivity contribution in [1.82, 2.24) is 4.57 Å². The Hall–Kier alpha value is -3.48. The topological polar surface area (TPSA) is 88.4 Å². The van der Waals surface area contributed by atoms with E-state index in [2.05, 4.69) is 5.32 Å². The summed E-state index contributed by atoms with van der Waals surface area (Å²) in [6.07, 6.45) is 1.38. The average molecular weight is 340 g/mol. The predicted molar refractivity (Wildman–Crippen MR) is 89.6 cm³/mol. The van der Waals surface area contributed by atoms with Gasteiger partial charge in [-0.15, -0.1) is 0 Å². The molecule has 0 radical (unpaired) electrons. The van der Waals surface area contributed by atoms with Crippen molar-refractivity contribution in [2.24, 2.45) is 0 Å². The van der Waals surface area contributed by atoms with Gasteiger partial charge in [0, 0.05) is 18.5 Å². The number of carboxylic acid groups (broad SMARTS) is 1. The van der Waals surface area contributed by atoms with E-state index in [4.69, 9.17) is 5.11 Å². The third-order valence-corrected chi connectivity index (χ3v) is 3.76. The Kier molecular flexibility index (Phi) is 4.06. The summed E-state index contributed by atoms with van der Waals surface area (Å²) in [6.45, 7) is 1.36. The number of carbonyl (C=O) groups excluding carboxylic acids is 2. The SMILES string of the molecule is CC(=O)n1cc(C(=O)Nc2cc(F)ccc2C(=O)O)c2ccccc21. The van der Waals surface area contributed by atoms with Gasteiger partial charge in [0.2, 0.25) is 5.91 Å². The van der Waals surface area contributed by atoms with E-state index in [9.17, 15) is 18.8 Å². The van der Waals surface area contributed by atoms with Crippen LogP contribution in [0.15, 0.2) is 48.7 Å². The van der Waals surface area contributed by atoms with Gasteiger partial charge in [0.25, 0.3) is 5.91 Å². The number of hydrogen-bond donors (Lipinski definition) is 2. The zero-order valence-electron chi connectivity index (χ0n) is 13.1. The Bertz CT molecular complexity index is 1020. The van der Waals surface area contributed by atoms with E-state index in [0.29, 0.717) is 10.9 Å². The first-order chi connectivity index (χ1) is 11.9. The van der Waals surface area contributed by atoms with Crippen molar-refractivity contribution in [1.29, 1.82) is 0 Å². The lowest BCUT2D eigenvalue weighted by Gasteiger charge is -2.08. The number of aromatic carboxylic acids is 1. The van der Waals surface area contributed by atoms with E-state index in [1.807, 2.05) is 0 Å². The number of nitrogens with zero attached hydrogens (tertiary/aromatic N) is 1. The number of rotatable bonds is 3. The molecule has 25 heavy (non-hydrogen) atoms. The summed E-state index contributed by atoms with van der Waals surface area (Å²) >= 11 is 0. The van der Waals surface area contributed by atoms with Crippen LogP contribution in [0.3, 0.4) is 0 Å². The van der Waals surface area contributed by atoms with Crippen molar-refractivity contribution in [3.8, 4) is 0 Å². The Labute approximate surface area is 141 Å². The Morgan fingerprint density at radius 3 is 2.48 bits per heavy atom. The van der Waals surface area contributed by atoms with Gasteiger partial charge in [0.1, 0.15) is 5.82 Å². The number of carboxylic acids is 1. The number of amides is 1. The standard InChI is InChI=1S/C18H13FN2O4/c1-10(22)21-9-14(12-4-2-3-5-16(12)21)17(23)20-15-8-11(19)6-7-13(15)18(24)25/h2-9H,1H3,(H,20,23)(H,24,25). The van der Waals surface area contributed by atoms with Crippen LogP contribution < -0.4 is 5.32 Å². The molecule has 1 heterocycles. The number of para-hydroxylation sites is 1. The van der Waals surface area contributed by atoms with Crippen molar-refractivity contribution in [3.63, 3.8) is 0 Å². The summed E-state index contributed by atoms with van der Waals surface area (Å²) in [6, 6.07) is 9.83. The van der Waals surface area contributed by atoms with Crippen molar-refractivity contribution in [3.05, 3.63) is 65.6 Å². The van der Waals surface area contributed by atoms with Gasteiger partial charge >= 0.3 is 5.97 Å². The molecule has 3 rings (SSSR count). The summed E-state index contributed by atoms with van der Waals surface area (Å²) in [5, 5.41) is 12.1. The number of aromatic nitrogens is 1. The molecule has 0 aliphatic rings. The van der Waals surface area contributed by atoms with E-state index in [1.54, 1.807) is 24.3 Å². The highest BCUT2D eigenvalue weighted by molar-refractivity contribution is 6.15. The van der Waals surface area contributed by atoms with Crippen molar-refractivity contribution in [2.45, 2.75) is 6.92 Å². The van der Waals surface area contributed by atoms with E-state index in [-0.39, 0.29) is 22.7 Å². The lowest BCUT2D eigenvalue weighted by Crippen LogP contribution is -2.15. The molecular weight excluding hydrogens is 327 g/mol. The maximum Gasteiger partial charge on any atom is 0.337 e. The maximum atomic E-state index is 13.4. The third kappa shape index (κ3) is 2.99. The van der Waals surface area contributed by atoms with Crippen LogP contribution in [0.25, 0.3) is 10.9 Å². The number of halogens is 1. The Morgan fingerprint density at radius 1 is 1.08 bits per heavy atom. The molecule has 3 aromatic rings. The van der Waals surface area contributed by atoms with Gasteiger partial charge in [-0.2, -0.15) is 0 Å². The smallest absolute Gasteiger partial charge is 0.337 e. The highest BCUT2D eigenvalue weighted by atomic mass is 19.1. The quantitative estimate of drug-likeness (QED) is 0.765.